The molecule has 122 valence electrons. The van der Waals surface area contributed by atoms with E-state index in [4.69, 9.17) is 0 Å². The molecule has 0 spiro atoms. The number of aromatic nitrogens is 3. The Morgan fingerprint density at radius 3 is 2.48 bits per heavy atom. The fourth-order valence-electron chi connectivity index (χ4n) is 3.05. The Morgan fingerprint density at radius 2 is 1.83 bits per heavy atom. The maximum Gasteiger partial charge on any atom is 0.360 e. The molecule has 2 aromatic rings. The van der Waals surface area contributed by atoms with Crippen molar-refractivity contribution in [3.05, 3.63) is 35.5 Å². The minimum atomic E-state index is -1.02. The number of nitrogens with zero attached hydrogens (tertiary/aromatic N) is 4. The van der Waals surface area contributed by atoms with Crippen molar-refractivity contribution in [1.82, 2.24) is 15.0 Å². The van der Waals surface area contributed by atoms with Crippen molar-refractivity contribution in [2.75, 3.05) is 18.0 Å². The van der Waals surface area contributed by atoms with Gasteiger partial charge < -0.3 is 10.0 Å². The summed E-state index contributed by atoms with van der Waals surface area (Å²) >= 11 is 0. The summed E-state index contributed by atoms with van der Waals surface area (Å²) in [5.74, 6) is -0.533. The van der Waals surface area contributed by atoms with Gasteiger partial charge in [0.2, 0.25) is 5.69 Å². The quantitative estimate of drug-likeness (QED) is 0.939. The van der Waals surface area contributed by atoms with Gasteiger partial charge in [-0.2, -0.15) is 0 Å². The summed E-state index contributed by atoms with van der Waals surface area (Å²) < 4.78 is 0. The zero-order valence-corrected chi connectivity index (χ0v) is 13.4. The number of carbonyl (C=O) groups is 1. The van der Waals surface area contributed by atoms with Crippen LogP contribution in [0.1, 0.15) is 48.7 Å². The molecule has 1 saturated heterocycles. The average Bonchev–Trinajstić information content (AvgIpc) is 2.83. The molecule has 1 aliphatic heterocycles. The molecule has 0 radical (unpaired) electrons. The third-order valence-corrected chi connectivity index (χ3v) is 4.29. The maximum atomic E-state index is 11.6. The standard InChI is InChI=1S/C17H22N4O2/c1-2-13-9-5-6-10-14(13)21-18-15(17(22)23)16(19-21)20-11-7-3-4-8-12-20/h5-6,9-10H,2-4,7-8,11-12H2,1H3,(H,22,23). The molecule has 0 amide bonds. The van der Waals surface area contributed by atoms with Crippen LogP contribution in [0.4, 0.5) is 5.82 Å². The van der Waals surface area contributed by atoms with Crippen molar-refractivity contribution >= 4 is 11.8 Å². The van der Waals surface area contributed by atoms with Gasteiger partial charge in [0.25, 0.3) is 0 Å². The lowest BCUT2D eigenvalue weighted by atomic mass is 10.1. The molecular formula is C17H22N4O2. The first-order valence-corrected chi connectivity index (χ1v) is 8.24. The van der Waals surface area contributed by atoms with Gasteiger partial charge in [-0.1, -0.05) is 38.0 Å². The van der Waals surface area contributed by atoms with E-state index in [-0.39, 0.29) is 5.69 Å². The number of aromatic carboxylic acids is 1. The highest BCUT2D eigenvalue weighted by molar-refractivity contribution is 5.91. The molecule has 1 aromatic carbocycles. The van der Waals surface area contributed by atoms with E-state index in [1.54, 1.807) is 0 Å². The van der Waals surface area contributed by atoms with Crippen molar-refractivity contribution in [2.45, 2.75) is 39.0 Å². The number of hydrogen-bond donors (Lipinski definition) is 1. The van der Waals surface area contributed by atoms with Gasteiger partial charge in [0, 0.05) is 13.1 Å². The second kappa shape index (κ2) is 6.81. The van der Waals surface area contributed by atoms with Gasteiger partial charge >= 0.3 is 5.97 Å². The lowest BCUT2D eigenvalue weighted by Crippen LogP contribution is -2.26. The number of aryl methyl sites for hydroxylation is 1. The zero-order valence-electron chi connectivity index (χ0n) is 13.4. The first-order chi connectivity index (χ1) is 11.2. The highest BCUT2D eigenvalue weighted by Crippen LogP contribution is 2.23. The summed E-state index contributed by atoms with van der Waals surface area (Å²) in [6, 6.07) is 7.84. The normalized spacial score (nSPS) is 15.4. The van der Waals surface area contributed by atoms with Crippen LogP contribution in [-0.2, 0) is 6.42 Å². The molecule has 1 aliphatic rings. The number of carboxylic acids is 1. The Bertz CT molecular complexity index is 688. The van der Waals surface area contributed by atoms with Crippen molar-refractivity contribution < 1.29 is 9.90 Å². The van der Waals surface area contributed by atoms with E-state index in [0.29, 0.717) is 5.82 Å². The lowest BCUT2D eigenvalue weighted by molar-refractivity contribution is 0.0690. The predicted octanol–water partition coefficient (Wildman–Crippen LogP) is 2.91. The maximum absolute atomic E-state index is 11.6. The van der Waals surface area contributed by atoms with E-state index < -0.39 is 5.97 Å². The first-order valence-electron chi connectivity index (χ1n) is 8.24. The third-order valence-electron chi connectivity index (χ3n) is 4.29. The van der Waals surface area contributed by atoms with Crippen molar-refractivity contribution in [3.8, 4) is 5.69 Å². The largest absolute Gasteiger partial charge is 0.476 e. The Hall–Kier alpha value is -2.37. The number of para-hydroxylation sites is 1. The number of hydrogen-bond acceptors (Lipinski definition) is 4. The van der Waals surface area contributed by atoms with Crippen LogP contribution < -0.4 is 4.90 Å². The molecular weight excluding hydrogens is 292 g/mol. The Labute approximate surface area is 135 Å². The predicted molar refractivity (Wildman–Crippen MR) is 88.4 cm³/mol. The summed E-state index contributed by atoms with van der Waals surface area (Å²) in [7, 11) is 0. The molecule has 0 unspecified atom stereocenters. The Kier molecular flexibility index (Phi) is 4.60. The first kappa shape index (κ1) is 15.5. The zero-order chi connectivity index (χ0) is 16.2. The topological polar surface area (TPSA) is 71.2 Å². The molecule has 23 heavy (non-hydrogen) atoms. The molecule has 6 nitrogen and oxygen atoms in total. The fraction of sp³-hybridized carbons (Fsp3) is 0.471. The highest BCUT2D eigenvalue weighted by Gasteiger charge is 2.24. The van der Waals surface area contributed by atoms with Gasteiger partial charge in [-0.25, -0.2) is 4.79 Å². The van der Waals surface area contributed by atoms with E-state index in [9.17, 15) is 9.90 Å². The van der Waals surface area contributed by atoms with E-state index in [2.05, 4.69) is 22.0 Å². The van der Waals surface area contributed by atoms with Crippen LogP contribution >= 0.6 is 0 Å². The summed E-state index contributed by atoms with van der Waals surface area (Å²) in [6.45, 7) is 3.75. The molecule has 6 heteroatoms. The van der Waals surface area contributed by atoms with Crippen LogP contribution in [-0.4, -0.2) is 39.2 Å². The fourth-order valence-corrected chi connectivity index (χ4v) is 3.05. The van der Waals surface area contributed by atoms with Crippen LogP contribution in [0.25, 0.3) is 5.69 Å². The van der Waals surface area contributed by atoms with Crippen LogP contribution in [0.5, 0.6) is 0 Å². The lowest BCUT2D eigenvalue weighted by Gasteiger charge is -2.19. The van der Waals surface area contributed by atoms with Gasteiger partial charge in [-0.3, -0.25) is 0 Å². The van der Waals surface area contributed by atoms with Gasteiger partial charge in [-0.15, -0.1) is 15.0 Å². The van der Waals surface area contributed by atoms with E-state index in [0.717, 1.165) is 43.6 Å². The molecule has 0 bridgehead atoms. The SMILES string of the molecule is CCc1ccccc1-n1nc(C(=O)O)c(N2CCCCCC2)n1. The Morgan fingerprint density at radius 1 is 1.13 bits per heavy atom. The highest BCUT2D eigenvalue weighted by atomic mass is 16.4. The average molecular weight is 314 g/mol. The summed E-state index contributed by atoms with van der Waals surface area (Å²) in [6.07, 6.45) is 5.35. The van der Waals surface area contributed by atoms with Crippen LogP contribution in [0.2, 0.25) is 0 Å². The minimum absolute atomic E-state index is 0.0396. The van der Waals surface area contributed by atoms with E-state index >= 15 is 0 Å². The summed E-state index contributed by atoms with van der Waals surface area (Å²) in [4.78, 5) is 15.1. The Balaban J connectivity index is 2.03. The number of anilines is 1. The smallest absolute Gasteiger partial charge is 0.360 e. The molecule has 0 aliphatic carbocycles. The monoisotopic (exact) mass is 314 g/mol. The van der Waals surface area contributed by atoms with E-state index in [1.165, 1.54) is 17.6 Å². The minimum Gasteiger partial charge on any atom is -0.476 e. The second-order valence-electron chi connectivity index (χ2n) is 5.85. The molecule has 3 rings (SSSR count). The molecule has 1 fully saturated rings. The second-order valence-corrected chi connectivity index (χ2v) is 5.85. The molecule has 1 aromatic heterocycles. The summed E-state index contributed by atoms with van der Waals surface area (Å²) in [5, 5.41) is 18.3. The van der Waals surface area contributed by atoms with Crippen molar-refractivity contribution in [1.29, 1.82) is 0 Å². The van der Waals surface area contributed by atoms with Crippen LogP contribution in [0.3, 0.4) is 0 Å². The summed E-state index contributed by atoms with van der Waals surface area (Å²) in [5.41, 5.74) is 1.98. The number of rotatable bonds is 4. The van der Waals surface area contributed by atoms with Crippen molar-refractivity contribution in [2.24, 2.45) is 0 Å². The van der Waals surface area contributed by atoms with Gasteiger partial charge in [-0.05, 0) is 30.9 Å². The van der Waals surface area contributed by atoms with Gasteiger partial charge in [0.15, 0.2) is 5.82 Å². The van der Waals surface area contributed by atoms with Crippen LogP contribution in [0, 0.1) is 0 Å². The van der Waals surface area contributed by atoms with Crippen LogP contribution in [0.15, 0.2) is 24.3 Å². The van der Waals surface area contributed by atoms with Crippen molar-refractivity contribution in [3.63, 3.8) is 0 Å². The van der Waals surface area contributed by atoms with E-state index in [1.807, 2.05) is 24.3 Å². The number of benzene rings is 1. The third kappa shape index (κ3) is 3.21. The number of carboxylic acid groups (broad SMARTS) is 1. The van der Waals surface area contributed by atoms with Gasteiger partial charge in [0.1, 0.15) is 0 Å². The molecule has 0 atom stereocenters. The molecule has 2 heterocycles. The van der Waals surface area contributed by atoms with Gasteiger partial charge in [0.05, 0.1) is 5.69 Å². The molecule has 0 saturated carbocycles. The molecule has 1 N–H and O–H groups in total.